The molecule has 0 radical (unpaired) electrons. The van der Waals surface area contributed by atoms with Crippen LogP contribution in [0.3, 0.4) is 0 Å². The van der Waals surface area contributed by atoms with Gasteiger partial charge in [0.25, 0.3) is 0 Å². The van der Waals surface area contributed by atoms with Gasteiger partial charge in [0.15, 0.2) is 12.2 Å². The number of carbonyl (C=O) groups is 4. The second-order valence-electron chi connectivity index (χ2n) is 30.8. The fraction of sp³-hybridized carbons (Fsp3) is 0.952. The number of esters is 4. The van der Waals surface area contributed by atoms with Crippen LogP contribution in [-0.2, 0) is 65.4 Å². The number of phosphoric ester groups is 2. The minimum atomic E-state index is -4.96. The summed E-state index contributed by atoms with van der Waals surface area (Å²) < 4.78 is 68.8. The molecule has 102 heavy (non-hydrogen) atoms. The fourth-order valence-electron chi connectivity index (χ4n) is 12.8. The van der Waals surface area contributed by atoms with Crippen molar-refractivity contribution < 1.29 is 80.2 Å². The molecule has 0 bridgehead atoms. The summed E-state index contributed by atoms with van der Waals surface area (Å²) in [5.41, 5.74) is 0. The Morgan fingerprint density at radius 2 is 0.500 bits per heavy atom. The normalized spacial score (nSPS) is 14.5. The predicted molar refractivity (Wildman–Crippen MR) is 418 cm³/mol. The molecule has 0 fully saturated rings. The van der Waals surface area contributed by atoms with Crippen LogP contribution in [0.4, 0.5) is 0 Å². The molecule has 0 amide bonds. The summed E-state index contributed by atoms with van der Waals surface area (Å²) in [7, 11) is -9.92. The maximum atomic E-state index is 13.1. The molecule has 0 saturated carbocycles. The van der Waals surface area contributed by atoms with Gasteiger partial charge in [0.1, 0.15) is 19.3 Å². The summed E-state index contributed by atoms with van der Waals surface area (Å²) in [6.07, 6.45) is 62.4. The van der Waals surface area contributed by atoms with Gasteiger partial charge in [-0.3, -0.25) is 37.3 Å². The number of hydrogen-bond donors (Lipinski definition) is 3. The average molecular weight is 1490 g/mol. The number of carbonyl (C=O) groups excluding carboxylic acids is 4. The Balaban J connectivity index is 5.26. The Kier molecular flexibility index (Phi) is 71.8. The van der Waals surface area contributed by atoms with Crippen LogP contribution >= 0.6 is 15.6 Å². The van der Waals surface area contributed by atoms with Gasteiger partial charge in [-0.05, 0) is 43.4 Å². The lowest BCUT2D eigenvalue weighted by Crippen LogP contribution is -2.30. The van der Waals surface area contributed by atoms with Gasteiger partial charge < -0.3 is 33.8 Å². The Bertz CT molecular complexity index is 1980. The third-order valence-electron chi connectivity index (χ3n) is 20.1. The van der Waals surface area contributed by atoms with Crippen molar-refractivity contribution >= 4 is 39.5 Å². The number of ether oxygens (including phenoxy) is 4. The molecule has 4 unspecified atom stereocenters. The van der Waals surface area contributed by atoms with E-state index in [-0.39, 0.29) is 25.7 Å². The van der Waals surface area contributed by atoms with Crippen LogP contribution in [0.15, 0.2) is 0 Å². The van der Waals surface area contributed by atoms with Crippen molar-refractivity contribution in [3.05, 3.63) is 0 Å². The number of hydrogen-bond acceptors (Lipinski definition) is 15. The first-order chi connectivity index (χ1) is 49.3. The minimum Gasteiger partial charge on any atom is -0.462 e. The van der Waals surface area contributed by atoms with Crippen molar-refractivity contribution in [1.82, 2.24) is 0 Å². The highest BCUT2D eigenvalue weighted by atomic mass is 31.2. The molecule has 0 heterocycles. The molecule has 19 heteroatoms. The van der Waals surface area contributed by atoms with E-state index in [4.69, 9.17) is 37.0 Å². The van der Waals surface area contributed by atoms with E-state index in [0.717, 1.165) is 108 Å². The Morgan fingerprint density at radius 3 is 0.745 bits per heavy atom. The van der Waals surface area contributed by atoms with Crippen molar-refractivity contribution in [2.75, 3.05) is 39.6 Å². The molecule has 0 aromatic rings. The van der Waals surface area contributed by atoms with Gasteiger partial charge in [-0.15, -0.1) is 0 Å². The lowest BCUT2D eigenvalue weighted by molar-refractivity contribution is -0.161. The molecule has 0 aromatic carbocycles. The van der Waals surface area contributed by atoms with E-state index in [9.17, 15) is 43.2 Å². The highest BCUT2D eigenvalue weighted by Crippen LogP contribution is 2.45. The zero-order chi connectivity index (χ0) is 75.1. The number of unbranched alkanes of at least 4 members (excludes halogenated alkanes) is 47. The molecule has 0 aliphatic heterocycles. The quantitative estimate of drug-likeness (QED) is 0.0222. The van der Waals surface area contributed by atoms with Gasteiger partial charge in [-0.1, -0.05) is 382 Å². The van der Waals surface area contributed by atoms with Crippen LogP contribution in [-0.4, -0.2) is 96.7 Å². The monoisotopic (exact) mass is 1490 g/mol. The zero-order valence-electron chi connectivity index (χ0n) is 67.1. The second-order valence-corrected chi connectivity index (χ2v) is 33.7. The topological polar surface area (TPSA) is 237 Å². The first kappa shape index (κ1) is 100. The van der Waals surface area contributed by atoms with Gasteiger partial charge in [-0.25, -0.2) is 9.13 Å². The Morgan fingerprint density at radius 1 is 0.284 bits per heavy atom. The average Bonchev–Trinajstić information content (AvgIpc) is 0.932. The molecular formula is C83H162O17P2. The van der Waals surface area contributed by atoms with Crippen LogP contribution < -0.4 is 0 Å². The third-order valence-corrected chi connectivity index (χ3v) is 22.0. The molecule has 0 aromatic heterocycles. The van der Waals surface area contributed by atoms with Gasteiger partial charge in [0.05, 0.1) is 26.4 Å². The van der Waals surface area contributed by atoms with E-state index < -0.39 is 97.5 Å². The first-order valence-electron chi connectivity index (χ1n) is 42.9. The SMILES string of the molecule is CCCCCCCCCCCCCCCCCCCCCC(=O)O[C@H](COC(=O)CCCCCCCCCCCCCCCCC(C)CC)COP(=O)(O)OC[C@@H](O)COP(=O)(O)OC[C@@H](COC(=O)CCCCCCCCCCC(C)C)OC(=O)CCCCCCCCCCCCC(C)CC. The maximum absolute atomic E-state index is 13.1. The van der Waals surface area contributed by atoms with E-state index in [1.807, 2.05) is 0 Å². The van der Waals surface area contributed by atoms with Gasteiger partial charge >= 0.3 is 39.5 Å². The van der Waals surface area contributed by atoms with Crippen LogP contribution in [0.1, 0.15) is 434 Å². The van der Waals surface area contributed by atoms with Crippen molar-refractivity contribution in [1.29, 1.82) is 0 Å². The molecule has 7 atom stereocenters. The molecule has 0 aliphatic carbocycles. The van der Waals surface area contributed by atoms with Gasteiger partial charge in [0, 0.05) is 25.7 Å². The van der Waals surface area contributed by atoms with E-state index in [1.54, 1.807) is 0 Å². The smallest absolute Gasteiger partial charge is 0.462 e. The Labute approximate surface area is 626 Å². The molecule has 3 N–H and O–H groups in total. The molecule has 0 spiro atoms. The first-order valence-corrected chi connectivity index (χ1v) is 45.9. The lowest BCUT2D eigenvalue weighted by Gasteiger charge is -2.21. The summed E-state index contributed by atoms with van der Waals surface area (Å²) in [5.74, 6) is 0.270. The molecule has 0 saturated heterocycles. The molecule has 606 valence electrons. The van der Waals surface area contributed by atoms with Crippen molar-refractivity contribution in [3.8, 4) is 0 Å². The molecule has 17 nitrogen and oxygen atoms in total. The molecule has 0 rings (SSSR count). The lowest BCUT2D eigenvalue weighted by atomic mass is 9.99. The zero-order valence-corrected chi connectivity index (χ0v) is 68.9. The number of aliphatic hydroxyl groups is 1. The van der Waals surface area contributed by atoms with E-state index in [1.165, 1.54) is 244 Å². The van der Waals surface area contributed by atoms with Gasteiger partial charge in [-0.2, -0.15) is 0 Å². The van der Waals surface area contributed by atoms with E-state index >= 15 is 0 Å². The summed E-state index contributed by atoms with van der Waals surface area (Å²) >= 11 is 0. The largest absolute Gasteiger partial charge is 0.472 e. The van der Waals surface area contributed by atoms with Gasteiger partial charge in [0.2, 0.25) is 0 Å². The summed E-state index contributed by atoms with van der Waals surface area (Å²) in [6, 6.07) is 0. The van der Waals surface area contributed by atoms with Crippen LogP contribution in [0.5, 0.6) is 0 Å². The van der Waals surface area contributed by atoms with Crippen LogP contribution in [0.25, 0.3) is 0 Å². The minimum absolute atomic E-state index is 0.106. The third kappa shape index (κ3) is 73.6. The van der Waals surface area contributed by atoms with Crippen molar-refractivity contribution in [2.24, 2.45) is 17.8 Å². The Hall–Kier alpha value is -1.94. The maximum Gasteiger partial charge on any atom is 0.472 e. The second kappa shape index (κ2) is 73.2. The highest BCUT2D eigenvalue weighted by molar-refractivity contribution is 7.47. The summed E-state index contributed by atoms with van der Waals surface area (Å²) in [6.45, 7) is 12.0. The van der Waals surface area contributed by atoms with Crippen molar-refractivity contribution in [3.63, 3.8) is 0 Å². The summed E-state index contributed by atoms with van der Waals surface area (Å²) in [4.78, 5) is 73.1. The van der Waals surface area contributed by atoms with E-state index in [2.05, 4.69) is 48.5 Å². The van der Waals surface area contributed by atoms with E-state index in [0.29, 0.717) is 25.7 Å². The number of rotatable bonds is 81. The predicted octanol–water partition coefficient (Wildman–Crippen LogP) is 24.9. The van der Waals surface area contributed by atoms with Crippen molar-refractivity contribution in [2.45, 2.75) is 452 Å². The summed E-state index contributed by atoms with van der Waals surface area (Å²) in [5, 5.41) is 10.7. The molecular weight excluding hydrogens is 1330 g/mol. The van der Waals surface area contributed by atoms with Crippen LogP contribution in [0.2, 0.25) is 0 Å². The highest BCUT2D eigenvalue weighted by Gasteiger charge is 2.30. The van der Waals surface area contributed by atoms with Crippen LogP contribution in [0, 0.1) is 17.8 Å². The number of aliphatic hydroxyl groups excluding tert-OH is 1. The standard InChI is InChI=1S/C83H162O17P2/c1-8-11-12-13-14-15-16-17-18-19-20-21-22-27-30-36-45-52-59-66-82(87)99-78(70-93-80(85)64-57-50-43-35-29-26-24-23-25-28-33-41-48-55-62-75(6)9-2)72-97-101(89,90)95-68-77(84)69-96-102(91,92)98-73-79(71-94-81(86)65-58-51-44-39-38-40-47-54-61-74(4)5)100-83(88)67-60-53-46-37-32-31-34-42-49-56-63-76(7)10-3/h74-79,84H,8-73H2,1-7H3,(H,89,90)(H,91,92)/t75?,76?,77-,78-,79-/m1/s1. The molecule has 0 aliphatic rings. The fourth-order valence-corrected chi connectivity index (χ4v) is 14.4. The number of phosphoric acid groups is 2.